The molecular weight excluding hydrogens is 384 g/mol. The Balaban J connectivity index is 1.54. The smallest absolute Gasteiger partial charge is 0.239 e. The summed E-state index contributed by atoms with van der Waals surface area (Å²) in [6.07, 6.45) is 3.35. The van der Waals surface area contributed by atoms with Gasteiger partial charge in [0.1, 0.15) is 5.82 Å². The molecule has 0 saturated heterocycles. The number of carbonyl (C=O) groups excluding carboxylic acids is 1. The fraction of sp³-hybridized carbons (Fsp3) is 0.176. The Kier molecular flexibility index (Phi) is 5.52. The van der Waals surface area contributed by atoms with Crippen molar-refractivity contribution in [3.63, 3.8) is 0 Å². The first-order valence-corrected chi connectivity index (χ1v) is 8.46. The molecule has 0 saturated carbocycles. The minimum absolute atomic E-state index is 0.132. The Morgan fingerprint density at radius 3 is 2.72 bits per heavy atom. The van der Waals surface area contributed by atoms with Crippen molar-refractivity contribution >= 4 is 27.7 Å². The van der Waals surface area contributed by atoms with Crippen LogP contribution in [0.5, 0.6) is 0 Å². The molecule has 1 N–H and O–H groups in total. The van der Waals surface area contributed by atoms with Gasteiger partial charge in [-0.05, 0) is 47.2 Å². The van der Waals surface area contributed by atoms with Crippen LogP contribution in [-0.4, -0.2) is 44.4 Å². The molecule has 0 aliphatic carbocycles. The van der Waals surface area contributed by atoms with E-state index in [1.54, 1.807) is 23.3 Å². The van der Waals surface area contributed by atoms with E-state index in [1.807, 2.05) is 48.3 Å². The number of hydrogen-bond donors (Lipinski definition) is 1. The van der Waals surface area contributed by atoms with Crippen molar-refractivity contribution < 1.29 is 4.79 Å². The number of carbonyl (C=O) groups is 1. The number of nitrogens with zero attached hydrogens (tertiary/aromatic N) is 5. The molecule has 0 bridgehead atoms. The van der Waals surface area contributed by atoms with Crippen molar-refractivity contribution in [3.8, 4) is 5.69 Å². The zero-order chi connectivity index (χ0) is 17.6. The topological polar surface area (TPSA) is 75.9 Å². The molecule has 7 nitrogen and oxygen atoms in total. The van der Waals surface area contributed by atoms with Gasteiger partial charge >= 0.3 is 0 Å². The Labute approximate surface area is 153 Å². The number of likely N-dealkylation sites (N-methyl/N-ethyl adjacent to an activating group) is 1. The summed E-state index contributed by atoms with van der Waals surface area (Å²) in [6.45, 7) is 0.754. The number of nitrogens with one attached hydrogen (secondary N) is 1. The maximum Gasteiger partial charge on any atom is 0.239 e. The molecule has 3 aromatic rings. The van der Waals surface area contributed by atoms with Gasteiger partial charge in [-0.15, -0.1) is 0 Å². The molecule has 3 rings (SSSR count). The van der Waals surface area contributed by atoms with Crippen LogP contribution in [0.3, 0.4) is 0 Å². The third-order valence-electron chi connectivity index (χ3n) is 3.37. The highest BCUT2D eigenvalue weighted by Crippen LogP contribution is 2.10. The van der Waals surface area contributed by atoms with E-state index in [2.05, 4.69) is 36.4 Å². The molecular formula is C17H17BrN6O. The zero-order valence-electron chi connectivity index (χ0n) is 13.6. The average Bonchev–Trinajstić information content (AvgIpc) is 3.06. The van der Waals surface area contributed by atoms with E-state index in [0.717, 1.165) is 15.9 Å². The highest BCUT2D eigenvalue weighted by atomic mass is 79.9. The lowest BCUT2D eigenvalue weighted by Crippen LogP contribution is -2.30. The van der Waals surface area contributed by atoms with Crippen LogP contribution in [0.1, 0.15) is 5.69 Å². The molecule has 0 fully saturated rings. The lowest BCUT2D eigenvalue weighted by molar-refractivity contribution is -0.117. The van der Waals surface area contributed by atoms with Gasteiger partial charge in [0.15, 0.2) is 0 Å². The van der Waals surface area contributed by atoms with Crippen LogP contribution in [-0.2, 0) is 11.3 Å². The highest BCUT2D eigenvalue weighted by molar-refractivity contribution is 9.10. The molecule has 0 aliphatic heterocycles. The number of amides is 1. The summed E-state index contributed by atoms with van der Waals surface area (Å²) in [5.74, 6) is 0.393. The standard InChI is InChI=1S/C17H17BrN6O/c1-23(12-17(25)21-16-8-7-13(18)9-19-16)11-14-10-20-24(22-14)15-5-3-2-4-6-15/h2-10H,11-12H2,1H3,(H,19,21,25). The molecule has 0 atom stereocenters. The molecule has 8 heteroatoms. The molecule has 25 heavy (non-hydrogen) atoms. The van der Waals surface area contributed by atoms with Gasteiger partial charge in [0.25, 0.3) is 0 Å². The molecule has 0 spiro atoms. The van der Waals surface area contributed by atoms with Crippen molar-refractivity contribution in [3.05, 3.63) is 65.0 Å². The number of benzene rings is 1. The molecule has 2 aromatic heterocycles. The SMILES string of the molecule is CN(CC(=O)Nc1ccc(Br)cn1)Cc1cnn(-c2ccccc2)n1. The summed E-state index contributed by atoms with van der Waals surface area (Å²) in [4.78, 5) is 19.6. The Morgan fingerprint density at radius 2 is 2.00 bits per heavy atom. The fourth-order valence-electron chi connectivity index (χ4n) is 2.26. The number of rotatable bonds is 6. The lowest BCUT2D eigenvalue weighted by Gasteiger charge is -2.14. The third kappa shape index (κ3) is 4.94. The molecule has 128 valence electrons. The van der Waals surface area contributed by atoms with Gasteiger partial charge in [-0.2, -0.15) is 15.0 Å². The quantitative estimate of drug-likeness (QED) is 0.687. The van der Waals surface area contributed by atoms with Crippen molar-refractivity contribution in [2.24, 2.45) is 0 Å². The number of hydrogen-bond acceptors (Lipinski definition) is 5. The van der Waals surface area contributed by atoms with Gasteiger partial charge in [0, 0.05) is 17.2 Å². The lowest BCUT2D eigenvalue weighted by atomic mass is 10.3. The maximum atomic E-state index is 12.1. The summed E-state index contributed by atoms with van der Waals surface area (Å²) in [5.41, 5.74) is 1.69. The average molecular weight is 401 g/mol. The van der Waals surface area contributed by atoms with E-state index < -0.39 is 0 Å². The fourth-order valence-corrected chi connectivity index (χ4v) is 2.50. The largest absolute Gasteiger partial charge is 0.310 e. The van der Waals surface area contributed by atoms with Crippen molar-refractivity contribution in [1.29, 1.82) is 0 Å². The van der Waals surface area contributed by atoms with E-state index in [-0.39, 0.29) is 12.5 Å². The van der Waals surface area contributed by atoms with Gasteiger partial charge in [0.2, 0.25) is 5.91 Å². The maximum absolute atomic E-state index is 12.1. The van der Waals surface area contributed by atoms with Crippen LogP contribution in [0.25, 0.3) is 5.69 Å². The van der Waals surface area contributed by atoms with Crippen LogP contribution >= 0.6 is 15.9 Å². The van der Waals surface area contributed by atoms with E-state index in [4.69, 9.17) is 0 Å². The normalized spacial score (nSPS) is 10.8. The van der Waals surface area contributed by atoms with Gasteiger partial charge in [-0.1, -0.05) is 18.2 Å². The first-order chi connectivity index (χ1) is 12.1. The van der Waals surface area contributed by atoms with Crippen molar-refractivity contribution in [2.45, 2.75) is 6.54 Å². The third-order valence-corrected chi connectivity index (χ3v) is 3.84. The summed E-state index contributed by atoms with van der Waals surface area (Å²) >= 11 is 3.31. The van der Waals surface area contributed by atoms with Gasteiger partial charge in [-0.3, -0.25) is 9.69 Å². The first-order valence-electron chi connectivity index (χ1n) is 7.67. The highest BCUT2D eigenvalue weighted by Gasteiger charge is 2.10. The summed E-state index contributed by atoms with van der Waals surface area (Å²) in [6, 6.07) is 13.3. The first kappa shape index (κ1) is 17.2. The Morgan fingerprint density at radius 1 is 1.20 bits per heavy atom. The van der Waals surface area contributed by atoms with Crippen LogP contribution in [0.15, 0.2) is 59.3 Å². The predicted molar refractivity (Wildman–Crippen MR) is 98.3 cm³/mol. The van der Waals surface area contributed by atoms with E-state index in [9.17, 15) is 4.79 Å². The molecule has 0 radical (unpaired) electrons. The van der Waals surface area contributed by atoms with Crippen molar-refractivity contribution in [1.82, 2.24) is 24.9 Å². The van der Waals surface area contributed by atoms with E-state index in [0.29, 0.717) is 12.4 Å². The molecule has 0 unspecified atom stereocenters. The Bertz CT molecular complexity index is 834. The molecule has 2 heterocycles. The predicted octanol–water partition coefficient (Wildman–Crippen LogP) is 2.50. The molecule has 1 aromatic carbocycles. The second kappa shape index (κ2) is 8.00. The van der Waals surface area contributed by atoms with E-state index in [1.165, 1.54) is 0 Å². The summed E-state index contributed by atoms with van der Waals surface area (Å²) in [5, 5.41) is 11.5. The Hall–Kier alpha value is -2.58. The number of aromatic nitrogens is 4. The number of para-hydroxylation sites is 1. The molecule has 1 amide bonds. The summed E-state index contributed by atoms with van der Waals surface area (Å²) in [7, 11) is 1.86. The second-order valence-corrected chi connectivity index (χ2v) is 6.46. The zero-order valence-corrected chi connectivity index (χ0v) is 15.2. The van der Waals surface area contributed by atoms with Crippen LogP contribution in [0, 0.1) is 0 Å². The molecule has 0 aliphatic rings. The number of halogens is 1. The van der Waals surface area contributed by atoms with Gasteiger partial charge < -0.3 is 5.32 Å². The van der Waals surface area contributed by atoms with Gasteiger partial charge in [0.05, 0.1) is 24.1 Å². The van der Waals surface area contributed by atoms with Crippen LogP contribution in [0.4, 0.5) is 5.82 Å². The minimum atomic E-state index is -0.132. The van der Waals surface area contributed by atoms with E-state index >= 15 is 0 Å². The number of anilines is 1. The second-order valence-electron chi connectivity index (χ2n) is 5.54. The number of pyridine rings is 1. The summed E-state index contributed by atoms with van der Waals surface area (Å²) < 4.78 is 0.865. The van der Waals surface area contributed by atoms with Crippen molar-refractivity contribution in [2.75, 3.05) is 18.9 Å². The van der Waals surface area contributed by atoms with Crippen LogP contribution in [0.2, 0.25) is 0 Å². The van der Waals surface area contributed by atoms with Crippen LogP contribution < -0.4 is 5.32 Å². The monoisotopic (exact) mass is 400 g/mol. The minimum Gasteiger partial charge on any atom is -0.310 e. The van der Waals surface area contributed by atoms with Gasteiger partial charge in [-0.25, -0.2) is 4.98 Å².